The fourth-order valence-electron chi connectivity index (χ4n) is 6.28. The number of amides is 3. The molecule has 4 rings (SSSR count). The summed E-state index contributed by atoms with van der Waals surface area (Å²) in [4.78, 5) is 42.3. The lowest BCUT2D eigenvalue weighted by atomic mass is 9.80. The van der Waals surface area contributed by atoms with E-state index in [2.05, 4.69) is 0 Å². The summed E-state index contributed by atoms with van der Waals surface area (Å²) in [5.74, 6) is -1.87. The lowest BCUT2D eigenvalue weighted by molar-refractivity contribution is -0.144. The number of carboxylic acid groups (broad SMARTS) is 1. The van der Waals surface area contributed by atoms with Crippen LogP contribution in [0.25, 0.3) is 0 Å². The maximum Gasteiger partial charge on any atom is 0.416 e. The number of alkyl halides is 6. The molecule has 0 radical (unpaired) electrons. The van der Waals surface area contributed by atoms with Gasteiger partial charge in [-0.15, -0.1) is 0 Å². The summed E-state index contributed by atoms with van der Waals surface area (Å²) in [5, 5.41) is 9.08. The summed E-state index contributed by atoms with van der Waals surface area (Å²) in [5.41, 5.74) is -2.31. The molecule has 45 heavy (non-hydrogen) atoms. The third-order valence-electron chi connectivity index (χ3n) is 8.58. The molecule has 0 spiro atoms. The molecular weight excluding hydrogens is 611 g/mol. The number of carbonyl (C=O) groups is 3. The number of aryl methyl sites for hydroxylation is 1. The Morgan fingerprint density at radius 1 is 0.911 bits per heavy atom. The number of carboxylic acids is 1. The highest BCUT2D eigenvalue weighted by atomic mass is 19.4. The minimum atomic E-state index is -5.04. The van der Waals surface area contributed by atoms with E-state index in [-0.39, 0.29) is 55.4 Å². The third kappa shape index (κ3) is 8.26. The van der Waals surface area contributed by atoms with Crippen LogP contribution in [0.3, 0.4) is 0 Å². The Bertz CT molecular complexity index is 1390. The molecule has 1 heterocycles. The molecule has 0 aromatic heterocycles. The minimum absolute atomic E-state index is 0.00444. The predicted octanol–water partition coefficient (Wildman–Crippen LogP) is 6.89. The zero-order valence-electron chi connectivity index (χ0n) is 24.7. The first-order chi connectivity index (χ1) is 20.9. The van der Waals surface area contributed by atoms with Crippen LogP contribution in [0.1, 0.15) is 66.0 Å². The van der Waals surface area contributed by atoms with E-state index >= 15 is 0 Å². The molecule has 246 valence electrons. The molecule has 1 aliphatic heterocycles. The highest BCUT2D eigenvalue weighted by molar-refractivity contribution is 5.80. The van der Waals surface area contributed by atoms with E-state index in [9.17, 15) is 45.1 Å². The van der Waals surface area contributed by atoms with Crippen molar-refractivity contribution in [2.75, 3.05) is 26.7 Å². The molecule has 1 aliphatic carbocycles. The number of hydrogen-bond donors (Lipinski definition) is 1. The average molecular weight is 646 g/mol. The number of rotatable bonds is 6. The van der Waals surface area contributed by atoms with Crippen LogP contribution in [0, 0.1) is 24.6 Å². The number of urea groups is 1. The van der Waals surface area contributed by atoms with Crippen molar-refractivity contribution < 1.29 is 50.2 Å². The van der Waals surface area contributed by atoms with Gasteiger partial charge in [-0.3, -0.25) is 9.59 Å². The Morgan fingerprint density at radius 3 is 2.04 bits per heavy atom. The molecule has 14 heteroatoms. The van der Waals surface area contributed by atoms with Crippen molar-refractivity contribution in [1.29, 1.82) is 0 Å². The Morgan fingerprint density at radius 2 is 1.51 bits per heavy atom. The van der Waals surface area contributed by atoms with Crippen LogP contribution >= 0.6 is 0 Å². The van der Waals surface area contributed by atoms with E-state index in [1.165, 1.54) is 30.1 Å². The molecule has 2 aromatic carbocycles. The summed E-state index contributed by atoms with van der Waals surface area (Å²) in [6.45, 7) is 1.27. The molecule has 0 unspecified atom stereocenters. The Kier molecular flexibility index (Phi) is 10.0. The maximum atomic E-state index is 14.0. The van der Waals surface area contributed by atoms with Crippen LogP contribution in [0.2, 0.25) is 0 Å². The first kappa shape index (κ1) is 34.0. The van der Waals surface area contributed by atoms with Crippen molar-refractivity contribution in [3.05, 3.63) is 70.0 Å². The fourth-order valence-corrected chi connectivity index (χ4v) is 6.28. The maximum absolute atomic E-state index is 14.0. The van der Waals surface area contributed by atoms with Crippen molar-refractivity contribution in [3.8, 4) is 0 Å². The van der Waals surface area contributed by atoms with Gasteiger partial charge >= 0.3 is 24.4 Å². The second kappa shape index (κ2) is 13.3. The van der Waals surface area contributed by atoms with Crippen LogP contribution < -0.4 is 0 Å². The standard InChI is InChI=1S/C31H34F7N3O4/c1-18-11-24(32)7-8-25(18)26-17-40(28(44)21-5-3-19(4-6-21)14-27(42)43)9-10-41(26)29(45)39(2)16-20-12-22(30(33,34)35)15-23(13-20)31(36,37)38/h7-8,11-13,15,19,21,26H,3-6,9-10,14,16-17H2,1-2H3,(H,42,43)/t19-,21-,26-/m1/s1. The van der Waals surface area contributed by atoms with Gasteiger partial charge in [0, 0.05) is 45.6 Å². The van der Waals surface area contributed by atoms with Gasteiger partial charge < -0.3 is 19.8 Å². The summed E-state index contributed by atoms with van der Waals surface area (Å²) < 4.78 is 94.4. The van der Waals surface area contributed by atoms with E-state index in [0.717, 1.165) is 4.90 Å². The number of carbonyl (C=O) groups excluding carboxylic acids is 2. The van der Waals surface area contributed by atoms with E-state index in [0.29, 0.717) is 48.9 Å². The van der Waals surface area contributed by atoms with Crippen molar-refractivity contribution >= 4 is 17.9 Å². The quantitative estimate of drug-likeness (QED) is 0.347. The molecule has 7 nitrogen and oxygen atoms in total. The molecule has 3 amide bonds. The molecule has 1 atom stereocenters. The van der Waals surface area contributed by atoms with Crippen LogP contribution in [0.5, 0.6) is 0 Å². The van der Waals surface area contributed by atoms with Crippen molar-refractivity contribution in [3.63, 3.8) is 0 Å². The molecule has 1 saturated carbocycles. The third-order valence-corrected chi connectivity index (χ3v) is 8.58. The van der Waals surface area contributed by atoms with E-state index < -0.39 is 53.9 Å². The monoisotopic (exact) mass is 645 g/mol. The SMILES string of the molecule is Cc1cc(F)ccc1[C@H]1CN(C(=O)[C@H]2CC[C@H](CC(=O)O)CC2)CCN1C(=O)N(C)Cc1cc(C(F)(F)F)cc(C(F)(F)F)c1. The first-order valence-corrected chi connectivity index (χ1v) is 14.5. The predicted molar refractivity (Wildman–Crippen MR) is 148 cm³/mol. The van der Waals surface area contributed by atoms with Gasteiger partial charge in [-0.25, -0.2) is 9.18 Å². The van der Waals surface area contributed by atoms with Crippen molar-refractivity contribution in [2.45, 2.75) is 64.0 Å². The van der Waals surface area contributed by atoms with Gasteiger partial charge in [0.1, 0.15) is 5.82 Å². The van der Waals surface area contributed by atoms with Gasteiger partial charge in [-0.1, -0.05) is 6.07 Å². The molecular formula is C31H34F7N3O4. The van der Waals surface area contributed by atoms with Crippen LogP contribution in [-0.2, 0) is 28.5 Å². The zero-order valence-corrected chi connectivity index (χ0v) is 24.7. The lowest BCUT2D eigenvalue weighted by Gasteiger charge is -2.44. The zero-order chi connectivity index (χ0) is 33.3. The van der Waals surface area contributed by atoms with Gasteiger partial charge in [0.05, 0.1) is 17.2 Å². The number of nitrogens with zero attached hydrogens (tertiary/aromatic N) is 3. The topological polar surface area (TPSA) is 81.2 Å². The van der Waals surface area contributed by atoms with Gasteiger partial charge in [0.25, 0.3) is 0 Å². The van der Waals surface area contributed by atoms with E-state index in [1.54, 1.807) is 11.8 Å². The second-order valence-electron chi connectivity index (χ2n) is 11.9. The number of hydrogen-bond acceptors (Lipinski definition) is 3. The van der Waals surface area contributed by atoms with Crippen LogP contribution in [0.4, 0.5) is 35.5 Å². The number of aliphatic carboxylic acids is 1. The summed E-state index contributed by atoms with van der Waals surface area (Å²) in [7, 11) is 1.26. The molecule has 2 aromatic rings. The van der Waals surface area contributed by atoms with Gasteiger partial charge in [0.15, 0.2) is 0 Å². The van der Waals surface area contributed by atoms with Gasteiger partial charge in [-0.2, -0.15) is 26.3 Å². The lowest BCUT2D eigenvalue weighted by Crippen LogP contribution is -2.56. The molecule has 1 saturated heterocycles. The molecule has 0 bridgehead atoms. The largest absolute Gasteiger partial charge is 0.481 e. The highest BCUT2D eigenvalue weighted by Gasteiger charge is 2.40. The smallest absolute Gasteiger partial charge is 0.416 e. The Hall–Kier alpha value is -3.84. The van der Waals surface area contributed by atoms with Crippen molar-refractivity contribution in [2.24, 2.45) is 11.8 Å². The normalized spacial score (nSPS) is 21.0. The van der Waals surface area contributed by atoms with Crippen LogP contribution in [0.15, 0.2) is 36.4 Å². The summed E-state index contributed by atoms with van der Waals surface area (Å²) in [6.07, 6.45) is -7.80. The summed E-state index contributed by atoms with van der Waals surface area (Å²) >= 11 is 0. The number of halogens is 7. The highest BCUT2D eigenvalue weighted by Crippen LogP contribution is 2.38. The number of piperazine rings is 1. The Labute approximate surface area is 255 Å². The Balaban J connectivity index is 1.56. The van der Waals surface area contributed by atoms with E-state index in [1.807, 2.05) is 0 Å². The fraction of sp³-hybridized carbons (Fsp3) is 0.516. The van der Waals surface area contributed by atoms with Gasteiger partial charge in [0.2, 0.25) is 5.91 Å². The first-order valence-electron chi connectivity index (χ1n) is 14.5. The van der Waals surface area contributed by atoms with Crippen LogP contribution in [-0.4, -0.2) is 64.4 Å². The molecule has 2 aliphatic rings. The summed E-state index contributed by atoms with van der Waals surface area (Å²) in [6, 6.07) is 3.68. The van der Waals surface area contributed by atoms with Crippen molar-refractivity contribution in [1.82, 2.24) is 14.7 Å². The molecule has 2 fully saturated rings. The van der Waals surface area contributed by atoms with E-state index in [4.69, 9.17) is 5.11 Å². The molecule has 1 N–H and O–H groups in total. The number of benzene rings is 2. The second-order valence-corrected chi connectivity index (χ2v) is 11.9. The minimum Gasteiger partial charge on any atom is -0.481 e. The van der Waals surface area contributed by atoms with Gasteiger partial charge in [-0.05, 0) is 85.5 Å². The average Bonchev–Trinajstić information content (AvgIpc) is 2.95.